The van der Waals surface area contributed by atoms with Gasteiger partial charge in [-0.25, -0.2) is 0 Å². The van der Waals surface area contributed by atoms with Crippen molar-refractivity contribution in [3.63, 3.8) is 0 Å². The monoisotopic (exact) mass is 248 g/mol. The van der Waals surface area contributed by atoms with E-state index in [0.29, 0.717) is 12.2 Å². The van der Waals surface area contributed by atoms with E-state index in [1.807, 2.05) is 39.0 Å². The highest BCUT2D eigenvalue weighted by molar-refractivity contribution is 5.78. The number of rotatable bonds is 4. The summed E-state index contributed by atoms with van der Waals surface area (Å²) >= 11 is 0. The van der Waals surface area contributed by atoms with Gasteiger partial charge in [0.15, 0.2) is 0 Å². The normalized spacial score (nSPS) is 22.3. The average molecular weight is 248 g/mol. The minimum absolute atomic E-state index is 0.181. The van der Waals surface area contributed by atoms with Crippen molar-refractivity contribution >= 4 is 11.7 Å². The molecule has 0 saturated carbocycles. The van der Waals surface area contributed by atoms with Gasteiger partial charge in [0.05, 0.1) is 12.0 Å². The molecule has 0 aromatic heterocycles. The van der Waals surface area contributed by atoms with Crippen LogP contribution in [0.25, 0.3) is 0 Å². The fourth-order valence-electron chi connectivity index (χ4n) is 2.47. The second-order valence-corrected chi connectivity index (χ2v) is 4.75. The summed E-state index contributed by atoms with van der Waals surface area (Å²) in [5, 5.41) is 6.60. The lowest BCUT2D eigenvalue weighted by molar-refractivity contribution is -0.137. The SMILES string of the molecule is CCNc1ccc2c(c1)OC(=O)CC2(C)NCC. The Hall–Kier alpha value is -1.55. The van der Waals surface area contributed by atoms with Crippen molar-refractivity contribution in [1.82, 2.24) is 5.32 Å². The van der Waals surface area contributed by atoms with E-state index in [4.69, 9.17) is 4.74 Å². The van der Waals surface area contributed by atoms with Crippen LogP contribution in [0.3, 0.4) is 0 Å². The molecule has 1 aliphatic heterocycles. The molecule has 1 aromatic rings. The molecule has 2 N–H and O–H groups in total. The molecule has 4 heteroatoms. The van der Waals surface area contributed by atoms with Crippen LogP contribution in [0.4, 0.5) is 5.69 Å². The van der Waals surface area contributed by atoms with Crippen LogP contribution in [0.15, 0.2) is 18.2 Å². The van der Waals surface area contributed by atoms with Crippen LogP contribution in [0.1, 0.15) is 32.8 Å². The molecule has 4 nitrogen and oxygen atoms in total. The number of nitrogens with one attached hydrogen (secondary N) is 2. The highest BCUT2D eigenvalue weighted by atomic mass is 16.5. The van der Waals surface area contributed by atoms with E-state index in [1.54, 1.807) is 0 Å². The minimum atomic E-state index is -0.329. The molecular weight excluding hydrogens is 228 g/mol. The predicted molar refractivity (Wildman–Crippen MR) is 71.9 cm³/mol. The smallest absolute Gasteiger partial charge is 0.313 e. The molecule has 0 bridgehead atoms. The third-order valence-corrected chi connectivity index (χ3v) is 3.25. The van der Waals surface area contributed by atoms with Gasteiger partial charge in [-0.3, -0.25) is 4.79 Å². The van der Waals surface area contributed by atoms with E-state index in [-0.39, 0.29) is 11.5 Å². The first kappa shape index (κ1) is 12.9. The topological polar surface area (TPSA) is 50.4 Å². The third-order valence-electron chi connectivity index (χ3n) is 3.25. The number of hydrogen-bond donors (Lipinski definition) is 2. The number of carbonyl (C=O) groups is 1. The van der Waals surface area contributed by atoms with E-state index in [2.05, 4.69) is 10.6 Å². The molecule has 98 valence electrons. The largest absolute Gasteiger partial charge is 0.426 e. The van der Waals surface area contributed by atoms with Crippen molar-refractivity contribution in [2.24, 2.45) is 0 Å². The molecule has 2 rings (SSSR count). The standard InChI is InChI=1S/C14H20N2O2/c1-4-15-10-6-7-11-12(8-10)18-13(17)9-14(11,3)16-5-2/h6-8,15-16H,4-5,9H2,1-3H3. The molecule has 1 aromatic carbocycles. The Bertz CT molecular complexity index is 459. The van der Waals surface area contributed by atoms with Crippen LogP contribution in [0.2, 0.25) is 0 Å². The second-order valence-electron chi connectivity index (χ2n) is 4.75. The molecule has 1 aliphatic rings. The van der Waals surface area contributed by atoms with Gasteiger partial charge in [-0.1, -0.05) is 13.0 Å². The lowest BCUT2D eigenvalue weighted by Crippen LogP contribution is -2.45. The Morgan fingerprint density at radius 1 is 1.33 bits per heavy atom. The highest BCUT2D eigenvalue weighted by Crippen LogP contribution is 2.38. The van der Waals surface area contributed by atoms with Gasteiger partial charge in [-0.2, -0.15) is 0 Å². The lowest BCUT2D eigenvalue weighted by Gasteiger charge is -2.35. The minimum Gasteiger partial charge on any atom is -0.426 e. The van der Waals surface area contributed by atoms with Crippen molar-refractivity contribution < 1.29 is 9.53 Å². The second kappa shape index (κ2) is 4.98. The van der Waals surface area contributed by atoms with Gasteiger partial charge in [-0.15, -0.1) is 0 Å². The quantitative estimate of drug-likeness (QED) is 0.634. The summed E-state index contributed by atoms with van der Waals surface area (Å²) in [6.07, 6.45) is 0.369. The summed E-state index contributed by atoms with van der Waals surface area (Å²) in [4.78, 5) is 11.7. The van der Waals surface area contributed by atoms with Gasteiger partial charge in [0.1, 0.15) is 5.75 Å². The zero-order valence-corrected chi connectivity index (χ0v) is 11.2. The maximum absolute atomic E-state index is 11.7. The molecule has 0 radical (unpaired) electrons. The first-order valence-electron chi connectivity index (χ1n) is 6.43. The summed E-state index contributed by atoms with van der Waals surface area (Å²) in [6.45, 7) is 7.78. The number of carbonyl (C=O) groups excluding carboxylic acids is 1. The molecule has 0 fully saturated rings. The third kappa shape index (κ3) is 2.34. The molecule has 1 heterocycles. The Morgan fingerprint density at radius 2 is 2.11 bits per heavy atom. The first-order valence-corrected chi connectivity index (χ1v) is 6.43. The Labute approximate surface area is 108 Å². The summed E-state index contributed by atoms with van der Waals surface area (Å²) < 4.78 is 5.34. The van der Waals surface area contributed by atoms with Crippen molar-refractivity contribution in [2.75, 3.05) is 18.4 Å². The zero-order chi connectivity index (χ0) is 13.2. The maximum Gasteiger partial charge on any atom is 0.313 e. The number of anilines is 1. The number of benzene rings is 1. The molecule has 0 spiro atoms. The van der Waals surface area contributed by atoms with Crippen molar-refractivity contribution in [3.05, 3.63) is 23.8 Å². The zero-order valence-electron chi connectivity index (χ0n) is 11.2. The lowest BCUT2D eigenvalue weighted by atomic mass is 9.86. The molecule has 1 unspecified atom stereocenters. The average Bonchev–Trinajstić information content (AvgIpc) is 2.28. The fraction of sp³-hybridized carbons (Fsp3) is 0.500. The molecular formula is C14H20N2O2. The van der Waals surface area contributed by atoms with E-state index in [9.17, 15) is 4.79 Å². The molecule has 0 saturated heterocycles. The van der Waals surface area contributed by atoms with Gasteiger partial charge in [-0.05, 0) is 26.5 Å². The Kier molecular flexibility index (Phi) is 3.57. The van der Waals surface area contributed by atoms with Crippen LogP contribution in [-0.2, 0) is 10.3 Å². The van der Waals surface area contributed by atoms with Gasteiger partial charge < -0.3 is 15.4 Å². The van der Waals surface area contributed by atoms with Crippen LogP contribution >= 0.6 is 0 Å². The van der Waals surface area contributed by atoms with E-state index >= 15 is 0 Å². The van der Waals surface area contributed by atoms with Gasteiger partial charge >= 0.3 is 5.97 Å². The Morgan fingerprint density at radius 3 is 2.78 bits per heavy atom. The van der Waals surface area contributed by atoms with Crippen LogP contribution in [0, 0.1) is 0 Å². The Balaban J connectivity index is 2.40. The first-order chi connectivity index (χ1) is 8.59. The molecule has 18 heavy (non-hydrogen) atoms. The van der Waals surface area contributed by atoms with Gasteiger partial charge in [0, 0.05) is 23.9 Å². The number of esters is 1. The van der Waals surface area contributed by atoms with Crippen molar-refractivity contribution in [1.29, 1.82) is 0 Å². The summed E-state index contributed by atoms with van der Waals surface area (Å²) in [5.74, 6) is 0.479. The highest BCUT2D eigenvalue weighted by Gasteiger charge is 2.36. The maximum atomic E-state index is 11.7. The van der Waals surface area contributed by atoms with Crippen LogP contribution in [-0.4, -0.2) is 19.1 Å². The number of ether oxygens (including phenoxy) is 1. The van der Waals surface area contributed by atoms with E-state index < -0.39 is 0 Å². The van der Waals surface area contributed by atoms with Gasteiger partial charge in [0.2, 0.25) is 0 Å². The molecule has 0 amide bonds. The number of hydrogen-bond acceptors (Lipinski definition) is 4. The molecule has 0 aliphatic carbocycles. The predicted octanol–water partition coefficient (Wildman–Crippen LogP) is 2.25. The summed E-state index contributed by atoms with van der Waals surface area (Å²) in [6, 6.07) is 5.95. The fourth-order valence-corrected chi connectivity index (χ4v) is 2.47. The van der Waals surface area contributed by atoms with Gasteiger partial charge in [0.25, 0.3) is 0 Å². The summed E-state index contributed by atoms with van der Waals surface area (Å²) in [5.41, 5.74) is 1.69. The summed E-state index contributed by atoms with van der Waals surface area (Å²) in [7, 11) is 0. The van der Waals surface area contributed by atoms with Crippen molar-refractivity contribution in [3.8, 4) is 5.75 Å². The number of fused-ring (bicyclic) bond motifs is 1. The van der Waals surface area contributed by atoms with E-state index in [1.165, 1.54) is 0 Å². The van der Waals surface area contributed by atoms with Crippen LogP contribution < -0.4 is 15.4 Å². The van der Waals surface area contributed by atoms with Crippen molar-refractivity contribution in [2.45, 2.75) is 32.7 Å². The molecule has 1 atom stereocenters. The van der Waals surface area contributed by atoms with Crippen LogP contribution in [0.5, 0.6) is 5.75 Å². The van der Waals surface area contributed by atoms with E-state index in [0.717, 1.165) is 24.3 Å².